The molecule has 6 heteroatoms. The van der Waals surface area contributed by atoms with Crippen LogP contribution in [0.3, 0.4) is 0 Å². The van der Waals surface area contributed by atoms with E-state index in [1.807, 2.05) is 30.3 Å². The van der Waals surface area contributed by atoms with Crippen molar-refractivity contribution in [2.75, 3.05) is 23.7 Å². The zero-order valence-corrected chi connectivity index (χ0v) is 13.5. The van der Waals surface area contributed by atoms with E-state index in [4.69, 9.17) is 0 Å². The van der Waals surface area contributed by atoms with Crippen molar-refractivity contribution in [3.63, 3.8) is 0 Å². The van der Waals surface area contributed by atoms with Crippen molar-refractivity contribution < 1.29 is 14.4 Å². The van der Waals surface area contributed by atoms with Gasteiger partial charge in [0.1, 0.15) is 0 Å². The Bertz CT molecular complexity index is 865. The summed E-state index contributed by atoms with van der Waals surface area (Å²) in [7, 11) is 0. The molecule has 2 aromatic rings. The van der Waals surface area contributed by atoms with Crippen LogP contribution in [0.2, 0.25) is 0 Å². The summed E-state index contributed by atoms with van der Waals surface area (Å²) in [6.07, 6.45) is 0.514. The monoisotopic (exact) mass is 335 g/mol. The minimum Gasteiger partial charge on any atom is -0.333 e. The quantitative estimate of drug-likeness (QED) is 0.779. The maximum absolute atomic E-state index is 12.5. The van der Waals surface area contributed by atoms with Crippen LogP contribution < -0.4 is 10.6 Å². The van der Waals surface area contributed by atoms with E-state index in [9.17, 15) is 14.4 Å². The van der Waals surface area contributed by atoms with E-state index < -0.39 is 17.2 Å². The van der Waals surface area contributed by atoms with Crippen LogP contribution in [-0.4, -0.2) is 35.7 Å². The Kier molecular flexibility index (Phi) is 3.53. The number of anilines is 2. The molecule has 0 radical (unpaired) electrons. The standard InChI is InChI=1S/C19H17N3O3/c23-16(20-13-6-2-1-3-7-13)17(24)22-11-10-19(12-22)14-8-4-5-9-15(14)21-18(19)25/h1-9H,10-12H2,(H,20,23)(H,21,25). The van der Waals surface area contributed by atoms with Gasteiger partial charge in [-0.05, 0) is 30.2 Å². The number of amides is 3. The lowest BCUT2D eigenvalue weighted by atomic mass is 9.81. The van der Waals surface area contributed by atoms with E-state index in [0.717, 1.165) is 11.3 Å². The maximum Gasteiger partial charge on any atom is 0.313 e. The van der Waals surface area contributed by atoms with Gasteiger partial charge in [-0.2, -0.15) is 0 Å². The molecule has 0 bridgehead atoms. The van der Waals surface area contributed by atoms with E-state index in [0.29, 0.717) is 18.7 Å². The van der Waals surface area contributed by atoms with Crippen LogP contribution in [0.5, 0.6) is 0 Å². The second-order valence-corrected chi connectivity index (χ2v) is 6.38. The van der Waals surface area contributed by atoms with E-state index in [1.165, 1.54) is 4.90 Å². The molecular weight excluding hydrogens is 318 g/mol. The average molecular weight is 335 g/mol. The van der Waals surface area contributed by atoms with Crippen molar-refractivity contribution >= 4 is 29.1 Å². The first-order valence-corrected chi connectivity index (χ1v) is 8.16. The van der Waals surface area contributed by atoms with Gasteiger partial charge in [-0.25, -0.2) is 0 Å². The van der Waals surface area contributed by atoms with Gasteiger partial charge in [-0.15, -0.1) is 0 Å². The normalized spacial score (nSPS) is 21.1. The molecule has 0 saturated carbocycles. The summed E-state index contributed by atoms with van der Waals surface area (Å²) in [5.74, 6) is -1.40. The van der Waals surface area contributed by atoms with Crippen LogP contribution in [0.15, 0.2) is 54.6 Å². The van der Waals surface area contributed by atoms with Crippen molar-refractivity contribution in [2.24, 2.45) is 0 Å². The van der Waals surface area contributed by atoms with Gasteiger partial charge < -0.3 is 15.5 Å². The lowest BCUT2D eigenvalue weighted by molar-refractivity contribution is -0.142. The summed E-state index contributed by atoms with van der Waals surface area (Å²) >= 11 is 0. The molecule has 2 aromatic carbocycles. The highest BCUT2D eigenvalue weighted by Gasteiger charge is 2.52. The van der Waals surface area contributed by atoms with Crippen molar-refractivity contribution in [3.8, 4) is 0 Å². The fourth-order valence-corrected chi connectivity index (χ4v) is 3.61. The third-order valence-corrected chi connectivity index (χ3v) is 4.91. The number of rotatable bonds is 1. The Labute approximate surface area is 144 Å². The fraction of sp³-hybridized carbons (Fsp3) is 0.211. The van der Waals surface area contributed by atoms with Crippen molar-refractivity contribution in [3.05, 3.63) is 60.2 Å². The van der Waals surface area contributed by atoms with Crippen molar-refractivity contribution in [2.45, 2.75) is 11.8 Å². The molecule has 0 aromatic heterocycles. The van der Waals surface area contributed by atoms with Crippen LogP contribution in [0.1, 0.15) is 12.0 Å². The minimum atomic E-state index is -0.751. The predicted octanol–water partition coefficient (Wildman–Crippen LogP) is 1.75. The SMILES string of the molecule is O=C(Nc1ccccc1)C(=O)N1CCC2(C1)C(=O)Nc1ccccc12. The highest BCUT2D eigenvalue weighted by atomic mass is 16.2. The first-order valence-electron chi connectivity index (χ1n) is 8.16. The molecule has 2 N–H and O–H groups in total. The Hall–Kier alpha value is -3.15. The fourth-order valence-electron chi connectivity index (χ4n) is 3.61. The van der Waals surface area contributed by atoms with Gasteiger partial charge in [0.15, 0.2) is 0 Å². The zero-order chi connectivity index (χ0) is 17.4. The number of benzene rings is 2. The van der Waals surface area contributed by atoms with E-state index in [2.05, 4.69) is 10.6 Å². The Morgan fingerprint density at radius 2 is 1.76 bits per heavy atom. The predicted molar refractivity (Wildman–Crippen MR) is 93.0 cm³/mol. The first-order chi connectivity index (χ1) is 12.1. The number of fused-ring (bicyclic) bond motifs is 2. The van der Waals surface area contributed by atoms with E-state index in [1.54, 1.807) is 24.3 Å². The van der Waals surface area contributed by atoms with E-state index >= 15 is 0 Å². The maximum atomic E-state index is 12.5. The van der Waals surface area contributed by atoms with Crippen molar-refractivity contribution in [1.82, 2.24) is 4.90 Å². The number of nitrogens with one attached hydrogen (secondary N) is 2. The van der Waals surface area contributed by atoms with Crippen LogP contribution in [0.25, 0.3) is 0 Å². The molecule has 126 valence electrons. The Balaban J connectivity index is 1.52. The lowest BCUT2D eigenvalue weighted by Gasteiger charge is -2.22. The first kappa shape index (κ1) is 15.4. The van der Waals surface area contributed by atoms with Gasteiger partial charge in [-0.3, -0.25) is 14.4 Å². The molecule has 2 aliphatic rings. The number of para-hydroxylation sites is 2. The smallest absolute Gasteiger partial charge is 0.313 e. The summed E-state index contributed by atoms with van der Waals surface area (Å²) in [6, 6.07) is 16.3. The summed E-state index contributed by atoms with van der Waals surface area (Å²) in [4.78, 5) is 38.7. The van der Waals surface area contributed by atoms with Crippen molar-refractivity contribution in [1.29, 1.82) is 0 Å². The molecule has 2 heterocycles. The highest BCUT2D eigenvalue weighted by molar-refractivity contribution is 6.39. The number of nitrogens with zero attached hydrogens (tertiary/aromatic N) is 1. The van der Waals surface area contributed by atoms with Gasteiger partial charge in [0.25, 0.3) is 0 Å². The van der Waals surface area contributed by atoms with Gasteiger partial charge in [0.05, 0.1) is 5.41 Å². The molecule has 0 aliphatic carbocycles. The zero-order valence-electron chi connectivity index (χ0n) is 13.5. The second-order valence-electron chi connectivity index (χ2n) is 6.38. The third kappa shape index (κ3) is 2.46. The number of likely N-dealkylation sites (tertiary alicyclic amines) is 1. The molecule has 3 amide bonds. The molecule has 1 saturated heterocycles. The number of carbonyl (C=O) groups is 3. The number of hydrogen-bond donors (Lipinski definition) is 2. The molecule has 1 spiro atoms. The van der Waals surface area contributed by atoms with Gasteiger partial charge in [0.2, 0.25) is 5.91 Å². The Morgan fingerprint density at radius 3 is 2.56 bits per heavy atom. The molecule has 1 fully saturated rings. The number of hydrogen-bond acceptors (Lipinski definition) is 3. The van der Waals surface area contributed by atoms with Crippen LogP contribution in [0.4, 0.5) is 11.4 Å². The van der Waals surface area contributed by atoms with Crippen LogP contribution >= 0.6 is 0 Å². The number of carbonyl (C=O) groups excluding carboxylic acids is 3. The molecular formula is C19H17N3O3. The second kappa shape index (κ2) is 5.73. The summed E-state index contributed by atoms with van der Waals surface area (Å²) in [6.45, 7) is 0.597. The molecule has 2 aliphatic heterocycles. The largest absolute Gasteiger partial charge is 0.333 e. The summed E-state index contributed by atoms with van der Waals surface area (Å²) in [5.41, 5.74) is 1.51. The lowest BCUT2D eigenvalue weighted by Crippen LogP contribution is -2.42. The Morgan fingerprint density at radius 1 is 1.04 bits per heavy atom. The van der Waals surface area contributed by atoms with Crippen LogP contribution in [-0.2, 0) is 19.8 Å². The molecule has 6 nitrogen and oxygen atoms in total. The van der Waals surface area contributed by atoms with Gasteiger partial charge >= 0.3 is 11.8 Å². The summed E-state index contributed by atoms with van der Waals surface area (Å²) < 4.78 is 0. The topological polar surface area (TPSA) is 78.5 Å². The average Bonchev–Trinajstić information content (AvgIpc) is 3.19. The highest BCUT2D eigenvalue weighted by Crippen LogP contribution is 2.43. The molecule has 1 unspecified atom stereocenters. The summed E-state index contributed by atoms with van der Waals surface area (Å²) in [5, 5.41) is 5.48. The van der Waals surface area contributed by atoms with Crippen LogP contribution in [0, 0.1) is 0 Å². The molecule has 4 rings (SSSR count). The van der Waals surface area contributed by atoms with Gasteiger partial charge in [0, 0.05) is 24.5 Å². The van der Waals surface area contributed by atoms with Gasteiger partial charge in [-0.1, -0.05) is 36.4 Å². The minimum absolute atomic E-state index is 0.104. The van der Waals surface area contributed by atoms with E-state index in [-0.39, 0.29) is 12.5 Å². The molecule has 25 heavy (non-hydrogen) atoms. The third-order valence-electron chi connectivity index (χ3n) is 4.91. The molecule has 1 atom stereocenters.